The van der Waals surface area contributed by atoms with E-state index in [4.69, 9.17) is 85.7 Å². The van der Waals surface area contributed by atoms with Crippen LogP contribution in [0.2, 0.25) is 20.1 Å². The van der Waals surface area contributed by atoms with Crippen molar-refractivity contribution in [2.45, 2.75) is 73.8 Å². The van der Waals surface area contributed by atoms with Gasteiger partial charge in [-0.2, -0.15) is 25.7 Å². The molecule has 7 rings (SSSR count). The third kappa shape index (κ3) is 29.0. The summed E-state index contributed by atoms with van der Waals surface area (Å²) in [6.45, 7) is 12.9. The molecule has 0 fully saturated rings. The third-order valence-electron chi connectivity index (χ3n) is 9.92. The predicted molar refractivity (Wildman–Crippen MR) is 449 cm³/mol. The number of carboxylic acids is 2. The first-order valence-corrected chi connectivity index (χ1v) is 94.3. The number of aromatic nitrogens is 1. The van der Waals surface area contributed by atoms with Gasteiger partial charge in [0.25, 0.3) is 17.8 Å². The van der Waals surface area contributed by atoms with E-state index in [1.165, 1.54) is 40.0 Å². The van der Waals surface area contributed by atoms with E-state index in [1.807, 2.05) is 37.4 Å². The molecule has 89 heavy (non-hydrogen) atoms. The Hall–Kier alpha value is 1.29. The number of carboxylic acid groups (broad SMARTS) is 2. The van der Waals surface area contributed by atoms with Crippen molar-refractivity contribution in [3.8, 4) is 35.1 Å². The molecular weight excluding hydrogens is 2620 g/mol. The van der Waals surface area contributed by atoms with Crippen molar-refractivity contribution < 1.29 is 92.3 Å². The summed E-state index contributed by atoms with van der Waals surface area (Å²) in [5, 5.41) is 46.1. The van der Waals surface area contributed by atoms with Crippen LogP contribution in [0.4, 0.5) is 21.0 Å². The molecule has 0 unspecified atom stereocenters. The monoisotopic (exact) mass is 2660 g/mol. The van der Waals surface area contributed by atoms with Gasteiger partial charge in [-0.15, -0.1) is 0 Å². The first-order chi connectivity index (χ1) is 41.0. The van der Waals surface area contributed by atoms with Crippen LogP contribution in [0.3, 0.4) is 0 Å². The van der Waals surface area contributed by atoms with Gasteiger partial charge in [-0.1, -0.05) is 58.5 Å². The van der Waals surface area contributed by atoms with Crippen LogP contribution < -0.4 is 59.9 Å². The van der Waals surface area contributed by atoms with Gasteiger partial charge in [0, 0.05) is 24.5 Å². The number of carbonyl (C=O) groups is 7. The summed E-state index contributed by atoms with van der Waals surface area (Å²) in [6, 6.07) is 19.9. The van der Waals surface area contributed by atoms with Crippen molar-refractivity contribution in [1.82, 2.24) is 9.88 Å². The Morgan fingerprint density at radius 1 is 0.820 bits per heavy atom. The van der Waals surface area contributed by atoms with Crippen LogP contribution in [0.25, 0.3) is 16.5 Å². The number of alkyl carbamates (subject to hydrolysis) is 1. The number of ether oxygens (including phenoxy) is 4. The number of hydrogen-bond donors (Lipinski definition) is 3. The number of fused-ring (bicyclic) bond motifs is 2. The molecule has 3 amide bonds. The van der Waals surface area contributed by atoms with Crippen LogP contribution in [-0.2, 0) is 39.9 Å². The molecule has 1 aromatic heterocycles. The van der Waals surface area contributed by atoms with Gasteiger partial charge >= 0.3 is 212 Å². The Labute approximate surface area is 642 Å². The smallest absolute Gasteiger partial charge is 1.00 e. The third-order valence-corrected chi connectivity index (χ3v) is 672. The number of carbonyl (C=O) groups excluding carboxylic acids is 6. The molecule has 480 valence electrons. The van der Waals surface area contributed by atoms with Crippen molar-refractivity contribution in [2.24, 2.45) is 10.2 Å². The molecule has 3 N–H and O–H groups in total. The van der Waals surface area contributed by atoms with Gasteiger partial charge in [-0.3, -0.25) is 34.5 Å². The van der Waals surface area contributed by atoms with E-state index >= 15 is 0 Å². The number of aliphatic carboxylic acids is 2. The minimum absolute atomic E-state index is 0. The normalized spacial score (nSPS) is 12.9. The molecule has 1 aliphatic carbocycles. The molecule has 0 saturated carbocycles. The summed E-state index contributed by atoms with van der Waals surface area (Å²) in [5.74, 6) is -2.77. The zero-order chi connectivity index (χ0) is 66.7. The second-order valence-corrected chi connectivity index (χ2v) is 263. The number of anilines is 2. The Kier molecular flexibility index (Phi) is 41.0. The zero-order valence-corrected chi connectivity index (χ0v) is 78.0. The molecule has 2 heterocycles. The van der Waals surface area contributed by atoms with Crippen molar-refractivity contribution >= 4 is 297 Å². The maximum Gasteiger partial charge on any atom is 1.00 e. The summed E-state index contributed by atoms with van der Waals surface area (Å²) in [5.41, 5.74) is 6.37. The van der Waals surface area contributed by atoms with Crippen LogP contribution in [0.1, 0.15) is 71.6 Å². The quantitative estimate of drug-likeness (QED) is 0.0324. The average Bonchev–Trinajstić information content (AvgIpc) is 1.94. The summed E-state index contributed by atoms with van der Waals surface area (Å²) >= 11 is 45.6. The number of hydrogen-bond acceptors (Lipinski definition) is 17. The Balaban J connectivity index is 0.000000470. The molecule has 2 aliphatic rings. The maximum atomic E-state index is 12.6. The van der Waals surface area contributed by atoms with Gasteiger partial charge < -0.3 is 34.0 Å². The molecular formula is C51H45Cl4I12N8NaO13. The number of nitrogens with zero attached hydrogens (tertiary/aromatic N) is 6. The molecule has 38 heteroatoms. The van der Waals surface area contributed by atoms with Crippen LogP contribution in [-0.4, -0.2) is 75.0 Å². The number of nitriles is 2. The molecule has 0 bridgehead atoms. The van der Waals surface area contributed by atoms with Gasteiger partial charge in [0.2, 0.25) is 17.2 Å². The fraction of sp³-hybridized carbons (Fsp3) is 0.235. The van der Waals surface area contributed by atoms with Crippen LogP contribution in [0.15, 0.2) is 83.1 Å². The van der Waals surface area contributed by atoms with E-state index in [0.717, 1.165) is 41.8 Å². The van der Waals surface area contributed by atoms with Gasteiger partial charge in [-0.05, 0) is 132 Å². The fourth-order valence-electron chi connectivity index (χ4n) is 6.61. The number of imide groups is 1. The number of amides is 3. The topological polar surface area (TPSA) is 304 Å². The second kappa shape index (κ2) is 42.3. The van der Waals surface area contributed by atoms with E-state index < -0.39 is 59.5 Å². The minimum Gasteiger partial charge on any atom is 1.00 e. The first kappa shape index (κ1) is 86.4. The predicted octanol–water partition coefficient (Wildman–Crippen LogP) is 17.8. The van der Waals surface area contributed by atoms with Crippen molar-refractivity contribution in [3.63, 3.8) is 0 Å². The molecule has 21 nitrogen and oxygen atoms in total. The second-order valence-electron chi connectivity index (χ2n) is 17.5. The van der Waals surface area contributed by atoms with Crippen molar-refractivity contribution in [3.05, 3.63) is 110 Å². The van der Waals surface area contributed by atoms with E-state index in [2.05, 4.69) is 157 Å². The number of halogens is 16. The summed E-state index contributed by atoms with van der Waals surface area (Å²) < 4.78 is 23.4. The summed E-state index contributed by atoms with van der Waals surface area (Å²) in [7, 11) is -1.71. The number of Topliss-reactive ketones (excluding diaryl/α,β-unsaturated/α-hetero) is 1. The molecule has 1 aliphatic heterocycles. The molecule has 0 radical (unpaired) electrons. The van der Waals surface area contributed by atoms with Crippen molar-refractivity contribution in [1.29, 1.82) is 10.5 Å². The number of allylic oxidation sites excluding steroid dienone is 2. The first-order valence-electron chi connectivity index (χ1n) is 23.7. The molecule has 4 aromatic carbocycles. The molecule has 0 saturated heterocycles. The molecule has 0 atom stereocenters. The number of aryl methyl sites for hydroxylation is 1. The van der Waals surface area contributed by atoms with Gasteiger partial charge in [-0.25, -0.2) is 9.59 Å². The number of nitrogens with one attached hydrogen (secondary N) is 2. The van der Waals surface area contributed by atoms with E-state index in [9.17, 15) is 29.2 Å². The standard InChI is InChI=1S/C26H25Cl2N5O6.C21H13Cl2N3O3.2C2H4O2.I12.Na/c1-6-37-24(35)30-23(34)20(12-29)32-31-15-9-18(27)22(19(28)10-15)38-16-7-8-21-17(11-16)14(2)13-33(21)25(36)39-26(3,4)5;1-11-2-3-12-4-5-14(8-15(11)12)29-21-16(22)6-13(7-17(21)23)26-20(28)9-19(27)18(10-24)25-26;2*1-2(3)4;1-8(2)10(5)12(7)11(6)9(3)4;/h7-11,13,31H,6H2,1-5H3,(H,30,34,35);2,4-8H,3,9H2,1H3;2*1H3,(H,3,4);;/q;;;;;+1/p-1/b32-20-;;;;;. The van der Waals surface area contributed by atoms with Crippen molar-refractivity contribution in [2.75, 3.05) is 17.0 Å². The minimum atomic E-state index is -1.08. The molecule has 0 spiro atoms. The molecule has 5 aromatic rings. The van der Waals surface area contributed by atoms with E-state index in [-0.39, 0.29) is 124 Å². The zero-order valence-electron chi connectivity index (χ0n) is 47.1. The fourth-order valence-corrected chi connectivity index (χ4v) is 1270. The Morgan fingerprint density at radius 2 is 1.33 bits per heavy atom. The SMILES string of the molecule is CC(=O)O.CC(=O)[O-].CC1=CCc2ccc(Oc3c(Cl)cc(N4N=C(C#N)C(=O)CC4=O)cc3Cl)cc21.CCOC(=O)NC(=O)/C(C#N)=N\Nc1cc(Cl)c(Oc2ccc3c(c2)c(C)cn3C(=O)OC(C)(C)C)c(Cl)c1.II(I)I(I)I(I)I(I)I(I)I.[Na+]. The van der Waals surface area contributed by atoms with Gasteiger partial charge in [0.15, 0.2) is 11.5 Å². The largest absolute Gasteiger partial charge is 1.00 e. The van der Waals surface area contributed by atoms with E-state index in [1.54, 1.807) is 64.2 Å². The van der Waals surface area contributed by atoms with Crippen LogP contribution in [0.5, 0.6) is 23.0 Å². The van der Waals surface area contributed by atoms with Gasteiger partial charge in [0.05, 0.1) is 50.0 Å². The van der Waals surface area contributed by atoms with Crippen LogP contribution >= 0.6 is 216 Å². The number of ketones is 1. The number of benzene rings is 4. The maximum absolute atomic E-state index is 12.6. The number of hydrazone groups is 2. The summed E-state index contributed by atoms with van der Waals surface area (Å²) in [4.78, 5) is 77.7. The van der Waals surface area contributed by atoms with Crippen LogP contribution in [0, 0.1) is 29.6 Å². The van der Waals surface area contributed by atoms with E-state index in [0.29, 0.717) is 17.0 Å². The number of rotatable bonds is 13. The van der Waals surface area contributed by atoms with Gasteiger partial charge in [0.1, 0.15) is 29.2 Å². The average molecular weight is 2670 g/mol. The Morgan fingerprint density at radius 3 is 1.81 bits per heavy atom. The summed E-state index contributed by atoms with van der Waals surface area (Å²) in [6.07, 6.45) is 2.79. The Bertz CT molecular complexity index is 3580.